The Hall–Kier alpha value is -1.40. The molecule has 0 spiro atoms. The standard InChI is InChI=1S/C12H20O6/c1-9(7-15-3)17-11(13)5-6-12(14)18-10(2)8-16-4/h5-6,9-10H,7-8H2,1-4H3/b6-5-/t9-,10-/m1/s1. The summed E-state index contributed by atoms with van der Waals surface area (Å²) in [5, 5.41) is 0. The van der Waals surface area contributed by atoms with Crippen molar-refractivity contribution in [1.82, 2.24) is 0 Å². The van der Waals surface area contributed by atoms with E-state index < -0.39 is 11.9 Å². The molecule has 0 rings (SSSR count). The number of esters is 2. The van der Waals surface area contributed by atoms with Gasteiger partial charge in [-0.05, 0) is 13.8 Å². The highest BCUT2D eigenvalue weighted by molar-refractivity contribution is 5.91. The fourth-order valence-electron chi connectivity index (χ4n) is 1.15. The van der Waals surface area contributed by atoms with Gasteiger partial charge in [-0.25, -0.2) is 9.59 Å². The van der Waals surface area contributed by atoms with E-state index in [1.165, 1.54) is 14.2 Å². The van der Waals surface area contributed by atoms with Gasteiger partial charge in [-0.15, -0.1) is 0 Å². The van der Waals surface area contributed by atoms with Gasteiger partial charge in [-0.3, -0.25) is 0 Å². The molecule has 0 aromatic heterocycles. The van der Waals surface area contributed by atoms with Gasteiger partial charge >= 0.3 is 11.9 Å². The Kier molecular flexibility index (Phi) is 8.86. The topological polar surface area (TPSA) is 71.1 Å². The molecule has 18 heavy (non-hydrogen) atoms. The predicted octanol–water partition coefficient (Wildman–Crippen LogP) is 0.699. The van der Waals surface area contributed by atoms with Gasteiger partial charge in [0, 0.05) is 26.4 Å². The van der Waals surface area contributed by atoms with Crippen LogP contribution in [0.4, 0.5) is 0 Å². The maximum atomic E-state index is 11.2. The highest BCUT2D eigenvalue weighted by Crippen LogP contribution is 1.96. The van der Waals surface area contributed by atoms with Crippen LogP contribution >= 0.6 is 0 Å². The summed E-state index contributed by atoms with van der Waals surface area (Å²) in [5.74, 6) is -1.23. The van der Waals surface area contributed by atoms with Crippen molar-refractivity contribution in [3.8, 4) is 0 Å². The van der Waals surface area contributed by atoms with Crippen LogP contribution in [0.3, 0.4) is 0 Å². The van der Waals surface area contributed by atoms with E-state index in [4.69, 9.17) is 18.9 Å². The Balaban J connectivity index is 3.98. The molecular weight excluding hydrogens is 240 g/mol. The van der Waals surface area contributed by atoms with Crippen molar-refractivity contribution in [2.24, 2.45) is 0 Å². The number of methoxy groups -OCH3 is 2. The Morgan fingerprint density at radius 2 is 1.22 bits per heavy atom. The van der Waals surface area contributed by atoms with Gasteiger partial charge in [-0.1, -0.05) is 0 Å². The summed E-state index contributed by atoms with van der Waals surface area (Å²) in [5.41, 5.74) is 0. The van der Waals surface area contributed by atoms with Crippen LogP contribution in [0.15, 0.2) is 12.2 Å². The number of carbonyl (C=O) groups is 2. The Morgan fingerprint density at radius 3 is 1.50 bits per heavy atom. The van der Waals surface area contributed by atoms with Crippen molar-refractivity contribution in [3.05, 3.63) is 12.2 Å². The maximum Gasteiger partial charge on any atom is 0.331 e. The minimum absolute atomic E-state index is 0.300. The number of hydrogen-bond donors (Lipinski definition) is 0. The van der Waals surface area contributed by atoms with Crippen molar-refractivity contribution in [2.45, 2.75) is 26.1 Å². The summed E-state index contributed by atoms with van der Waals surface area (Å²) in [6.07, 6.45) is 1.31. The third kappa shape index (κ3) is 8.72. The monoisotopic (exact) mass is 260 g/mol. The molecule has 104 valence electrons. The molecule has 0 saturated heterocycles. The van der Waals surface area contributed by atoms with Crippen LogP contribution in [0.5, 0.6) is 0 Å². The molecule has 0 bridgehead atoms. The average Bonchev–Trinajstić information content (AvgIpc) is 2.27. The molecule has 6 heteroatoms. The summed E-state index contributed by atoms with van der Waals surface area (Å²) in [4.78, 5) is 22.5. The molecule has 0 radical (unpaired) electrons. The fraction of sp³-hybridized carbons (Fsp3) is 0.667. The molecule has 0 saturated carbocycles. The second-order valence-electron chi connectivity index (χ2n) is 3.74. The van der Waals surface area contributed by atoms with Gasteiger partial charge < -0.3 is 18.9 Å². The average molecular weight is 260 g/mol. The second-order valence-corrected chi connectivity index (χ2v) is 3.74. The van der Waals surface area contributed by atoms with Crippen LogP contribution in [0, 0.1) is 0 Å². The number of hydrogen-bond acceptors (Lipinski definition) is 6. The lowest BCUT2D eigenvalue weighted by molar-refractivity contribution is -0.147. The normalized spacial score (nSPS) is 14.2. The summed E-state index contributed by atoms with van der Waals surface area (Å²) < 4.78 is 19.4. The lowest BCUT2D eigenvalue weighted by Crippen LogP contribution is -2.20. The van der Waals surface area contributed by atoms with E-state index in [1.807, 2.05) is 0 Å². The SMILES string of the molecule is COC[C@@H](C)OC(=O)/C=C\C(=O)O[C@H](C)COC. The molecule has 0 N–H and O–H groups in total. The molecule has 6 nitrogen and oxygen atoms in total. The maximum absolute atomic E-state index is 11.2. The molecule has 0 unspecified atom stereocenters. The van der Waals surface area contributed by atoms with E-state index in [1.54, 1.807) is 13.8 Å². The number of ether oxygens (including phenoxy) is 4. The quantitative estimate of drug-likeness (QED) is 0.472. The van der Waals surface area contributed by atoms with Gasteiger partial charge in [0.15, 0.2) is 0 Å². The van der Waals surface area contributed by atoms with Gasteiger partial charge in [0.25, 0.3) is 0 Å². The predicted molar refractivity (Wildman–Crippen MR) is 64.0 cm³/mol. The smallest absolute Gasteiger partial charge is 0.331 e. The van der Waals surface area contributed by atoms with Crippen LogP contribution in [-0.4, -0.2) is 51.6 Å². The van der Waals surface area contributed by atoms with Crippen LogP contribution < -0.4 is 0 Å². The van der Waals surface area contributed by atoms with E-state index in [-0.39, 0.29) is 12.2 Å². The first kappa shape index (κ1) is 16.6. The lowest BCUT2D eigenvalue weighted by atomic mass is 10.4. The summed E-state index contributed by atoms with van der Waals surface area (Å²) in [6.45, 7) is 3.98. The van der Waals surface area contributed by atoms with Gasteiger partial charge in [0.05, 0.1) is 13.2 Å². The molecule has 0 heterocycles. The zero-order valence-corrected chi connectivity index (χ0v) is 11.2. The van der Waals surface area contributed by atoms with Gasteiger partial charge in [-0.2, -0.15) is 0 Å². The van der Waals surface area contributed by atoms with Crippen molar-refractivity contribution in [2.75, 3.05) is 27.4 Å². The molecular formula is C12H20O6. The van der Waals surface area contributed by atoms with E-state index in [0.29, 0.717) is 13.2 Å². The Morgan fingerprint density at radius 1 is 0.889 bits per heavy atom. The van der Waals surface area contributed by atoms with E-state index in [2.05, 4.69) is 0 Å². The molecule has 0 aliphatic carbocycles. The van der Waals surface area contributed by atoms with Gasteiger partial charge in [0.1, 0.15) is 12.2 Å². The first-order valence-electron chi connectivity index (χ1n) is 5.56. The number of rotatable bonds is 8. The first-order chi connectivity index (χ1) is 8.49. The van der Waals surface area contributed by atoms with Crippen molar-refractivity contribution in [1.29, 1.82) is 0 Å². The Labute approximate surface area is 107 Å². The summed E-state index contributed by atoms with van der Waals surface area (Å²) >= 11 is 0. The largest absolute Gasteiger partial charge is 0.457 e. The van der Waals surface area contributed by atoms with Crippen LogP contribution in [0.1, 0.15) is 13.8 Å². The van der Waals surface area contributed by atoms with E-state index in [9.17, 15) is 9.59 Å². The van der Waals surface area contributed by atoms with Crippen LogP contribution in [0.2, 0.25) is 0 Å². The third-order valence-corrected chi connectivity index (χ3v) is 1.79. The van der Waals surface area contributed by atoms with Crippen LogP contribution in [0.25, 0.3) is 0 Å². The van der Waals surface area contributed by atoms with E-state index in [0.717, 1.165) is 12.2 Å². The zero-order chi connectivity index (χ0) is 14.0. The molecule has 0 aliphatic rings. The number of carbonyl (C=O) groups excluding carboxylic acids is 2. The lowest BCUT2D eigenvalue weighted by Gasteiger charge is -2.11. The molecule has 0 aromatic carbocycles. The van der Waals surface area contributed by atoms with Crippen molar-refractivity contribution in [3.63, 3.8) is 0 Å². The zero-order valence-electron chi connectivity index (χ0n) is 11.2. The Bertz CT molecular complexity index is 258. The molecule has 0 aromatic rings. The summed E-state index contributed by atoms with van der Waals surface area (Å²) in [6, 6.07) is 0. The third-order valence-electron chi connectivity index (χ3n) is 1.79. The minimum Gasteiger partial charge on any atom is -0.457 e. The fourth-order valence-corrected chi connectivity index (χ4v) is 1.15. The second kappa shape index (κ2) is 9.61. The first-order valence-corrected chi connectivity index (χ1v) is 5.56. The van der Waals surface area contributed by atoms with Crippen molar-refractivity contribution >= 4 is 11.9 Å². The highest BCUT2D eigenvalue weighted by Gasteiger charge is 2.09. The summed E-state index contributed by atoms with van der Waals surface area (Å²) in [7, 11) is 3.02. The molecule has 0 fully saturated rings. The highest BCUT2D eigenvalue weighted by atomic mass is 16.6. The molecule has 2 atom stereocenters. The van der Waals surface area contributed by atoms with Crippen molar-refractivity contribution < 1.29 is 28.5 Å². The van der Waals surface area contributed by atoms with Gasteiger partial charge in [0.2, 0.25) is 0 Å². The van der Waals surface area contributed by atoms with Crippen LogP contribution in [-0.2, 0) is 28.5 Å². The minimum atomic E-state index is -0.615. The molecule has 0 amide bonds. The molecule has 0 aliphatic heterocycles. The van der Waals surface area contributed by atoms with E-state index >= 15 is 0 Å².